The molecule has 280 valence electrons. The lowest BCUT2D eigenvalue weighted by molar-refractivity contribution is 0.0525. The Labute approximate surface area is 310 Å². The lowest BCUT2D eigenvalue weighted by Crippen LogP contribution is -2.23. The number of nitrogens with zero attached hydrogens (tertiary/aromatic N) is 8. The number of aliphatic hydroxyl groups is 1. The minimum Gasteiger partial charge on any atom is -0.478 e. The summed E-state index contributed by atoms with van der Waals surface area (Å²) < 4.78 is 8.47. The van der Waals surface area contributed by atoms with Gasteiger partial charge in [0.05, 0.1) is 19.7 Å². The molecule has 4 aromatic rings. The topological polar surface area (TPSA) is 152 Å². The molecule has 0 aromatic carbocycles. The molecule has 6 heterocycles. The van der Waals surface area contributed by atoms with Crippen molar-refractivity contribution in [2.45, 2.75) is 73.1 Å². The lowest BCUT2D eigenvalue weighted by Gasteiger charge is -2.20. The Balaban J connectivity index is 0.000000164. The predicted molar refractivity (Wildman–Crippen MR) is 201 cm³/mol. The fraction of sp³-hybridized carbons (Fsp3) is 0.500. The van der Waals surface area contributed by atoms with Crippen LogP contribution in [0, 0.1) is 37.5 Å². The summed E-state index contributed by atoms with van der Waals surface area (Å²) in [6.07, 6.45) is 5.96. The average molecular weight is 723 g/mol. The van der Waals surface area contributed by atoms with Crippen LogP contribution in [-0.2, 0) is 23.4 Å². The van der Waals surface area contributed by atoms with Crippen LogP contribution in [0.2, 0.25) is 0 Å². The lowest BCUT2D eigenvalue weighted by atomic mass is 10.0. The number of fused-ring (bicyclic) bond motifs is 2. The third-order valence-corrected chi connectivity index (χ3v) is 10.9. The van der Waals surface area contributed by atoms with Crippen LogP contribution in [-0.4, -0.2) is 84.5 Å². The van der Waals surface area contributed by atoms with E-state index in [2.05, 4.69) is 38.7 Å². The maximum Gasteiger partial charge on any atom is 0.341 e. The minimum atomic E-state index is -1.31. The summed E-state index contributed by atoms with van der Waals surface area (Å²) in [6.45, 7) is 20.4. The number of carbonyl (C=O) groups is 2. The van der Waals surface area contributed by atoms with Gasteiger partial charge < -0.3 is 24.7 Å². The number of pyridine rings is 2. The van der Waals surface area contributed by atoms with Crippen molar-refractivity contribution in [3.05, 3.63) is 88.3 Å². The zero-order valence-corrected chi connectivity index (χ0v) is 31.5. The van der Waals surface area contributed by atoms with E-state index in [0.29, 0.717) is 31.0 Å². The van der Waals surface area contributed by atoms with Crippen LogP contribution in [0.25, 0.3) is 5.57 Å². The number of anilines is 2. The Morgan fingerprint density at radius 3 is 1.70 bits per heavy atom. The number of aromatic carboxylic acids is 1. The van der Waals surface area contributed by atoms with E-state index in [9.17, 15) is 19.8 Å². The number of carboxylic acid groups (broad SMARTS) is 1. The van der Waals surface area contributed by atoms with Crippen LogP contribution in [0.5, 0.6) is 0 Å². The molecule has 2 saturated carbocycles. The van der Waals surface area contributed by atoms with Gasteiger partial charge >= 0.3 is 11.9 Å². The van der Waals surface area contributed by atoms with Gasteiger partial charge in [-0.15, -0.1) is 0 Å². The van der Waals surface area contributed by atoms with Crippen LogP contribution >= 0.6 is 0 Å². The fourth-order valence-corrected chi connectivity index (χ4v) is 7.65. The molecule has 0 spiro atoms. The van der Waals surface area contributed by atoms with Gasteiger partial charge in [-0.2, -0.15) is 10.2 Å². The molecule has 0 amide bonds. The van der Waals surface area contributed by atoms with Crippen molar-refractivity contribution in [1.29, 1.82) is 0 Å². The maximum atomic E-state index is 12.2. The molecule has 4 fully saturated rings. The Morgan fingerprint density at radius 2 is 1.30 bits per heavy atom. The molecule has 8 rings (SSSR count). The molecule has 4 unspecified atom stereocenters. The normalized spacial score (nSPS) is 21.1. The number of piperidine rings is 2. The average Bonchev–Trinajstić information content (AvgIpc) is 3.67. The third-order valence-electron chi connectivity index (χ3n) is 10.9. The van der Waals surface area contributed by atoms with Gasteiger partial charge in [-0.1, -0.05) is 18.7 Å². The molecule has 4 aliphatic rings. The van der Waals surface area contributed by atoms with Crippen LogP contribution < -0.4 is 9.80 Å². The van der Waals surface area contributed by atoms with E-state index in [0.717, 1.165) is 89.6 Å². The largest absolute Gasteiger partial charge is 0.478 e. The quantitative estimate of drug-likeness (QED) is 0.194. The monoisotopic (exact) mass is 722 g/mol. The molecule has 0 radical (unpaired) electrons. The molecule has 4 atom stereocenters. The van der Waals surface area contributed by atoms with Gasteiger partial charge in [-0.05, 0) is 107 Å². The molecule has 0 bridgehead atoms. The van der Waals surface area contributed by atoms with Gasteiger partial charge in [0.1, 0.15) is 39.8 Å². The van der Waals surface area contributed by atoms with Crippen LogP contribution in [0.4, 0.5) is 11.6 Å². The first-order valence-electron chi connectivity index (χ1n) is 18.6. The molecule has 2 saturated heterocycles. The number of hydrogen-bond donors (Lipinski definition) is 2. The van der Waals surface area contributed by atoms with Crippen molar-refractivity contribution in [2.24, 2.45) is 23.7 Å². The molecule has 13 nitrogen and oxygen atoms in total. The van der Waals surface area contributed by atoms with Crippen molar-refractivity contribution in [2.75, 3.05) is 42.6 Å². The van der Waals surface area contributed by atoms with E-state index in [1.807, 2.05) is 32.9 Å². The molecule has 2 N–H and O–H groups in total. The third kappa shape index (κ3) is 7.85. The Hall–Kier alpha value is -5.04. The van der Waals surface area contributed by atoms with E-state index in [4.69, 9.17) is 14.7 Å². The molecular formula is C40H50N8O5. The molecule has 4 aromatic heterocycles. The number of esters is 1. The molecule has 2 aliphatic carbocycles. The van der Waals surface area contributed by atoms with E-state index in [-0.39, 0.29) is 17.2 Å². The first-order chi connectivity index (χ1) is 25.2. The van der Waals surface area contributed by atoms with E-state index in [1.54, 1.807) is 22.5 Å². The van der Waals surface area contributed by atoms with Crippen molar-refractivity contribution >= 4 is 29.1 Å². The van der Waals surface area contributed by atoms with Gasteiger partial charge in [0.25, 0.3) is 0 Å². The minimum absolute atomic E-state index is 0.0241. The standard InChI is InChI=1S/C21H26N4O2.C19H24N4O3/c1-5-27-21(26)18-12-25(23-20(18)13(2)3)11-15-6-7-19(22-14(15)4)24-9-16-8-17(16)10-24;1-11-12(4-5-16(20-11)22-7-13-6-14(13)8-22)9-23-10-15(18(24)25)17(21-23)19(2,3)26/h6-7,12,16-17H,2,5,8-11H2,1,3-4H3;4-5,10,13-14,26H,6-9H2,1-3H3,(H,24,25). The van der Waals surface area contributed by atoms with Gasteiger partial charge in [0, 0.05) is 50.0 Å². The number of carbonyl (C=O) groups excluding carboxylic acids is 1. The molecule has 13 heteroatoms. The van der Waals surface area contributed by atoms with Crippen molar-refractivity contribution < 1.29 is 24.5 Å². The summed E-state index contributed by atoms with van der Waals surface area (Å²) in [5, 5.41) is 28.4. The van der Waals surface area contributed by atoms with Gasteiger partial charge in [-0.25, -0.2) is 19.6 Å². The summed E-state index contributed by atoms with van der Waals surface area (Å²) in [6, 6.07) is 8.29. The van der Waals surface area contributed by atoms with E-state index >= 15 is 0 Å². The molecular weight excluding hydrogens is 672 g/mol. The first kappa shape index (κ1) is 36.3. The van der Waals surface area contributed by atoms with Crippen molar-refractivity contribution in [1.82, 2.24) is 29.5 Å². The van der Waals surface area contributed by atoms with Crippen molar-refractivity contribution in [3.8, 4) is 0 Å². The second-order valence-electron chi connectivity index (χ2n) is 15.7. The van der Waals surface area contributed by atoms with Crippen molar-refractivity contribution in [3.63, 3.8) is 0 Å². The number of ether oxygens (including phenoxy) is 1. The smallest absolute Gasteiger partial charge is 0.341 e. The highest BCUT2D eigenvalue weighted by Crippen LogP contribution is 2.46. The highest BCUT2D eigenvalue weighted by molar-refractivity contribution is 5.94. The predicted octanol–water partition coefficient (Wildman–Crippen LogP) is 5.32. The Kier molecular flexibility index (Phi) is 9.64. The van der Waals surface area contributed by atoms with E-state index in [1.165, 1.54) is 32.9 Å². The Morgan fingerprint density at radius 1 is 0.830 bits per heavy atom. The summed E-state index contributed by atoms with van der Waals surface area (Å²) in [5.41, 5.74) is 4.67. The van der Waals surface area contributed by atoms with Gasteiger partial charge in [-0.3, -0.25) is 9.36 Å². The zero-order chi connectivity index (χ0) is 37.8. The van der Waals surface area contributed by atoms with Gasteiger partial charge in [0.15, 0.2) is 0 Å². The number of allylic oxidation sites excluding steroid dienone is 1. The number of carboxylic acids is 1. The van der Waals surface area contributed by atoms with Crippen LogP contribution in [0.3, 0.4) is 0 Å². The van der Waals surface area contributed by atoms with Gasteiger partial charge in [0.2, 0.25) is 0 Å². The number of aromatic nitrogens is 6. The van der Waals surface area contributed by atoms with E-state index < -0.39 is 11.6 Å². The fourth-order valence-electron chi connectivity index (χ4n) is 7.65. The molecule has 53 heavy (non-hydrogen) atoms. The van der Waals surface area contributed by atoms with Crippen LogP contribution in [0.1, 0.15) is 95.2 Å². The zero-order valence-electron chi connectivity index (χ0n) is 31.5. The summed E-state index contributed by atoms with van der Waals surface area (Å²) >= 11 is 0. The summed E-state index contributed by atoms with van der Waals surface area (Å²) in [7, 11) is 0. The number of aryl methyl sites for hydroxylation is 2. The first-order valence-corrected chi connectivity index (χ1v) is 18.6. The summed E-state index contributed by atoms with van der Waals surface area (Å²) in [5.74, 6) is 4.12. The summed E-state index contributed by atoms with van der Waals surface area (Å²) in [4.78, 5) is 37.9. The number of rotatable bonds is 11. The second kappa shape index (κ2) is 14.1. The second-order valence-corrected chi connectivity index (χ2v) is 15.7. The maximum absolute atomic E-state index is 12.2. The Bertz CT molecular complexity index is 2040. The number of hydrogen-bond acceptors (Lipinski definition) is 10. The highest BCUT2D eigenvalue weighted by Gasteiger charge is 2.46. The SMILES string of the molecule is C=C(C)c1nn(Cc2ccc(N3CC4CC4C3)nc2C)cc1C(=O)OCC.Cc1nc(N2CC3CC3C2)ccc1Cn1cc(C(=O)O)c(C(C)(C)O)n1. The highest BCUT2D eigenvalue weighted by atomic mass is 16.5. The van der Waals surface area contributed by atoms with Crippen LogP contribution in [0.15, 0.2) is 43.2 Å². The molecule has 2 aliphatic heterocycles.